The Kier molecular flexibility index (Phi) is 3.86. The molecule has 1 aromatic heterocycles. The van der Waals surface area contributed by atoms with Crippen LogP contribution in [0.3, 0.4) is 0 Å². The molecular weight excluding hydrogens is 125 g/mol. The number of pyridine rings is 1. The van der Waals surface area contributed by atoms with Crippen LogP contribution in [0.4, 0.5) is 0 Å². The second kappa shape index (κ2) is 3.88. The van der Waals surface area contributed by atoms with Gasteiger partial charge in [-0.05, 0) is 30.5 Å². The largest absolute Gasteiger partial charge is 1.00 e. The monoisotopic (exact) mass is 131 g/mol. The van der Waals surface area contributed by atoms with E-state index in [0.717, 1.165) is 5.56 Å². The molecule has 0 saturated carbocycles. The van der Waals surface area contributed by atoms with Crippen molar-refractivity contribution < 1.29 is 34.7 Å². The van der Waals surface area contributed by atoms with Crippen LogP contribution in [0.2, 0.25) is 0 Å². The molecule has 0 spiro atoms. The Labute approximate surface area is 76.2 Å². The fraction of sp³-hybridized carbons (Fsp3) is 0.167. The molecule has 3 heteroatoms. The second-order valence-electron chi connectivity index (χ2n) is 1.67. The van der Waals surface area contributed by atoms with Crippen LogP contribution in [0.15, 0.2) is 18.3 Å². The molecule has 0 aliphatic rings. The summed E-state index contributed by atoms with van der Waals surface area (Å²) < 4.78 is 0. The molecule has 1 rings (SSSR count). The summed E-state index contributed by atoms with van der Waals surface area (Å²) in [5, 5.41) is 10.4. The second-order valence-corrected chi connectivity index (χ2v) is 1.67. The van der Waals surface area contributed by atoms with Crippen LogP contribution in [0.25, 0.3) is 0 Å². The van der Waals surface area contributed by atoms with Crippen molar-refractivity contribution in [3.63, 3.8) is 0 Å². The summed E-state index contributed by atoms with van der Waals surface area (Å²) in [6.07, 6.45) is 1.51. The summed E-state index contributed by atoms with van der Waals surface area (Å²) in [6.45, 7) is 1.86. The molecule has 0 aromatic carbocycles. The average molecular weight is 131 g/mol. The first-order chi connectivity index (χ1) is 3.79. The molecule has 0 aliphatic heterocycles. The van der Waals surface area contributed by atoms with Gasteiger partial charge >= 0.3 is 29.6 Å². The maximum Gasteiger partial charge on any atom is 1.00 e. The van der Waals surface area contributed by atoms with Gasteiger partial charge in [0.1, 0.15) is 0 Å². The van der Waals surface area contributed by atoms with Crippen LogP contribution in [0, 0.1) is 6.92 Å². The predicted molar refractivity (Wildman–Crippen MR) is 28.4 cm³/mol. The Bertz CT molecular complexity index is 173. The summed E-state index contributed by atoms with van der Waals surface area (Å²) in [7, 11) is 0. The Morgan fingerprint density at radius 2 is 2.22 bits per heavy atom. The van der Waals surface area contributed by atoms with E-state index in [-0.39, 0.29) is 35.4 Å². The molecule has 0 aliphatic carbocycles. The van der Waals surface area contributed by atoms with Crippen molar-refractivity contribution in [3.05, 3.63) is 23.9 Å². The SMILES string of the molecule is Cc1ccnc([O-])c1.[Na+]. The Hall–Kier alpha value is -0.0500. The van der Waals surface area contributed by atoms with Gasteiger partial charge in [0.05, 0.1) is 0 Å². The summed E-state index contributed by atoms with van der Waals surface area (Å²) >= 11 is 0. The van der Waals surface area contributed by atoms with Gasteiger partial charge in [-0.2, -0.15) is 0 Å². The van der Waals surface area contributed by atoms with Crippen LogP contribution < -0.4 is 34.7 Å². The van der Waals surface area contributed by atoms with Crippen molar-refractivity contribution in [2.24, 2.45) is 0 Å². The van der Waals surface area contributed by atoms with Crippen molar-refractivity contribution in [3.8, 4) is 5.88 Å². The Morgan fingerprint density at radius 3 is 2.56 bits per heavy atom. The molecule has 0 N–H and O–H groups in total. The minimum absolute atomic E-state index is 0. The molecule has 1 heterocycles. The van der Waals surface area contributed by atoms with Crippen LogP contribution in [0.1, 0.15) is 5.56 Å². The van der Waals surface area contributed by atoms with Crippen molar-refractivity contribution in [2.45, 2.75) is 6.92 Å². The molecule has 2 nitrogen and oxygen atoms in total. The van der Waals surface area contributed by atoms with Gasteiger partial charge in [-0.1, -0.05) is 0 Å². The molecule has 0 bridgehead atoms. The zero-order valence-corrected chi connectivity index (χ0v) is 7.59. The zero-order valence-electron chi connectivity index (χ0n) is 5.59. The van der Waals surface area contributed by atoms with Gasteiger partial charge in [-0.15, -0.1) is 0 Å². The molecule has 0 atom stereocenters. The summed E-state index contributed by atoms with van der Waals surface area (Å²) in [6, 6.07) is 3.29. The summed E-state index contributed by atoms with van der Waals surface area (Å²) in [5.74, 6) is -0.162. The zero-order chi connectivity index (χ0) is 5.98. The first kappa shape index (κ1) is 8.95. The number of hydrogen-bond donors (Lipinski definition) is 0. The maximum atomic E-state index is 10.4. The molecule has 0 radical (unpaired) electrons. The van der Waals surface area contributed by atoms with Crippen molar-refractivity contribution in [1.29, 1.82) is 0 Å². The molecular formula is C6H6NNaO. The number of aromatic nitrogens is 1. The van der Waals surface area contributed by atoms with Gasteiger partial charge in [0.25, 0.3) is 0 Å². The number of nitrogens with zero attached hydrogens (tertiary/aromatic N) is 1. The molecule has 9 heavy (non-hydrogen) atoms. The summed E-state index contributed by atoms with van der Waals surface area (Å²) in [4.78, 5) is 3.48. The third-order valence-electron chi connectivity index (χ3n) is 0.890. The molecule has 0 fully saturated rings. The van der Waals surface area contributed by atoms with Gasteiger partial charge in [0.2, 0.25) is 0 Å². The number of aryl methyl sites for hydroxylation is 1. The van der Waals surface area contributed by atoms with Crippen molar-refractivity contribution >= 4 is 0 Å². The molecule has 0 unspecified atom stereocenters. The van der Waals surface area contributed by atoms with E-state index in [9.17, 15) is 5.11 Å². The van der Waals surface area contributed by atoms with E-state index in [1.165, 1.54) is 12.3 Å². The van der Waals surface area contributed by atoms with E-state index >= 15 is 0 Å². The Morgan fingerprint density at radius 1 is 1.56 bits per heavy atom. The van der Waals surface area contributed by atoms with Gasteiger partial charge in [0, 0.05) is 6.20 Å². The van der Waals surface area contributed by atoms with Gasteiger partial charge < -0.3 is 5.11 Å². The fourth-order valence-electron chi connectivity index (χ4n) is 0.508. The topological polar surface area (TPSA) is 36.0 Å². The molecule has 1 aromatic rings. The van der Waals surface area contributed by atoms with Crippen LogP contribution in [-0.2, 0) is 0 Å². The minimum atomic E-state index is -0.162. The van der Waals surface area contributed by atoms with E-state index in [1.807, 2.05) is 6.92 Å². The van der Waals surface area contributed by atoms with Crippen molar-refractivity contribution in [2.75, 3.05) is 0 Å². The van der Waals surface area contributed by atoms with Crippen LogP contribution >= 0.6 is 0 Å². The molecule has 0 amide bonds. The number of hydrogen-bond acceptors (Lipinski definition) is 2. The molecule has 0 saturated heterocycles. The van der Waals surface area contributed by atoms with Crippen LogP contribution in [-0.4, -0.2) is 4.98 Å². The van der Waals surface area contributed by atoms with Crippen LogP contribution in [0.5, 0.6) is 5.88 Å². The number of rotatable bonds is 0. The van der Waals surface area contributed by atoms with Gasteiger partial charge in [-0.25, -0.2) is 0 Å². The standard InChI is InChI=1S/C6H7NO.Na/c1-5-2-3-7-6(8)4-5;/h2-4H,1H3,(H,7,8);/q;+1/p-1. The predicted octanol–water partition coefficient (Wildman–Crippen LogP) is -2.53. The summed E-state index contributed by atoms with van der Waals surface area (Å²) in [5.41, 5.74) is 0.963. The Balaban J connectivity index is 0.000000640. The van der Waals surface area contributed by atoms with E-state index in [4.69, 9.17) is 0 Å². The smallest absolute Gasteiger partial charge is 0.859 e. The van der Waals surface area contributed by atoms with E-state index in [0.29, 0.717) is 0 Å². The quantitative estimate of drug-likeness (QED) is 0.364. The fourth-order valence-corrected chi connectivity index (χ4v) is 0.508. The first-order valence-electron chi connectivity index (χ1n) is 2.39. The third-order valence-corrected chi connectivity index (χ3v) is 0.890. The first-order valence-corrected chi connectivity index (χ1v) is 2.39. The normalized spacial score (nSPS) is 8.11. The third kappa shape index (κ3) is 2.84. The molecule has 42 valence electrons. The average Bonchev–Trinajstić information content (AvgIpc) is 1.64. The van der Waals surface area contributed by atoms with Gasteiger partial charge in [0.15, 0.2) is 0 Å². The van der Waals surface area contributed by atoms with E-state index in [2.05, 4.69) is 4.98 Å². The van der Waals surface area contributed by atoms with E-state index in [1.54, 1.807) is 6.07 Å². The maximum absolute atomic E-state index is 10.4. The minimum Gasteiger partial charge on any atom is -0.859 e. The van der Waals surface area contributed by atoms with Crippen molar-refractivity contribution in [1.82, 2.24) is 4.98 Å². The van der Waals surface area contributed by atoms with E-state index < -0.39 is 0 Å². The van der Waals surface area contributed by atoms with Gasteiger partial charge in [-0.3, -0.25) is 4.98 Å².